The first-order valence-electron chi connectivity index (χ1n) is 7.30. The maximum absolute atomic E-state index is 11.5. The maximum atomic E-state index is 11.5. The molecule has 22 heavy (non-hydrogen) atoms. The molecule has 116 valence electrons. The largest absolute Gasteiger partial charge is 0.462 e. The number of rotatable bonds is 5. The number of nitrogens with one attached hydrogen (secondary N) is 1. The van der Waals surface area contributed by atoms with E-state index in [1.165, 1.54) is 6.20 Å². The van der Waals surface area contributed by atoms with Gasteiger partial charge in [0.1, 0.15) is 6.07 Å². The summed E-state index contributed by atoms with van der Waals surface area (Å²) in [4.78, 5) is 22.1. The predicted molar refractivity (Wildman–Crippen MR) is 80.7 cm³/mol. The Hall–Kier alpha value is -2.62. The molecule has 0 aliphatic carbocycles. The zero-order valence-electron chi connectivity index (χ0n) is 12.5. The van der Waals surface area contributed by atoms with E-state index in [1.807, 2.05) is 6.07 Å². The van der Waals surface area contributed by atoms with Crippen LogP contribution in [-0.4, -0.2) is 41.7 Å². The summed E-state index contributed by atoms with van der Waals surface area (Å²) in [6.07, 6.45) is 6.83. The Kier molecular flexibility index (Phi) is 5.72. The lowest BCUT2D eigenvalue weighted by molar-refractivity contribution is -0.138. The molecule has 1 fully saturated rings. The van der Waals surface area contributed by atoms with Crippen LogP contribution in [-0.2, 0) is 9.53 Å². The molecule has 2 heterocycles. The zero-order valence-corrected chi connectivity index (χ0v) is 12.5. The third kappa shape index (κ3) is 4.19. The molecule has 1 N–H and O–H groups in total. The third-order valence-electron chi connectivity index (χ3n) is 3.34. The first-order valence-corrected chi connectivity index (χ1v) is 7.30. The van der Waals surface area contributed by atoms with E-state index in [1.54, 1.807) is 25.4 Å². The van der Waals surface area contributed by atoms with Gasteiger partial charge in [-0.2, -0.15) is 5.26 Å². The summed E-state index contributed by atoms with van der Waals surface area (Å²) in [5.41, 5.74) is -0.0186. The highest BCUT2D eigenvalue weighted by Crippen LogP contribution is 2.15. The van der Waals surface area contributed by atoms with Gasteiger partial charge in [-0.15, -0.1) is 0 Å². The Morgan fingerprint density at radius 1 is 1.59 bits per heavy atom. The number of piperidine rings is 1. The number of ether oxygens (including phenoxy) is 1. The molecule has 0 saturated carbocycles. The second-order valence-corrected chi connectivity index (χ2v) is 4.89. The smallest absolute Gasteiger partial charge is 0.350 e. The Balaban J connectivity index is 1.95. The number of esters is 1. The van der Waals surface area contributed by atoms with Crippen LogP contribution >= 0.6 is 0 Å². The van der Waals surface area contributed by atoms with Gasteiger partial charge in [0, 0.05) is 37.7 Å². The lowest BCUT2D eigenvalue weighted by atomic mass is 10.1. The molecule has 1 aromatic rings. The topological polar surface area (TPSA) is 91.1 Å². The number of carbonyl (C=O) groups excluding carboxylic acids is 1. The summed E-state index contributed by atoms with van der Waals surface area (Å²) in [5.74, 6) is 0.0976. The number of aromatic nitrogens is 2. The first kappa shape index (κ1) is 15.8. The van der Waals surface area contributed by atoms with Gasteiger partial charge in [-0.25, -0.2) is 14.8 Å². The van der Waals surface area contributed by atoms with Gasteiger partial charge in [0.05, 0.1) is 6.61 Å². The minimum Gasteiger partial charge on any atom is -0.462 e. The molecule has 1 aromatic heterocycles. The Morgan fingerprint density at radius 3 is 3.05 bits per heavy atom. The maximum Gasteiger partial charge on any atom is 0.350 e. The standard InChI is InChI=1S/C15H19N5O2/c1-2-22-14(21)12(9-16)10-19-13-5-3-8-20(11-13)15-17-6-4-7-18-15/h4,6-7,10,13,19H,2-3,5,8,11H2,1H3. The summed E-state index contributed by atoms with van der Waals surface area (Å²) < 4.78 is 4.83. The average molecular weight is 301 g/mol. The second kappa shape index (κ2) is 7.98. The molecule has 0 amide bonds. The van der Waals surface area contributed by atoms with Crippen molar-refractivity contribution in [3.63, 3.8) is 0 Å². The fourth-order valence-corrected chi connectivity index (χ4v) is 2.30. The fourth-order valence-electron chi connectivity index (χ4n) is 2.30. The van der Waals surface area contributed by atoms with Crippen molar-refractivity contribution in [1.29, 1.82) is 5.26 Å². The molecule has 2 rings (SSSR count). The molecule has 1 saturated heterocycles. The van der Waals surface area contributed by atoms with Gasteiger partial charge >= 0.3 is 5.97 Å². The average Bonchev–Trinajstić information content (AvgIpc) is 2.57. The van der Waals surface area contributed by atoms with E-state index < -0.39 is 5.97 Å². The van der Waals surface area contributed by atoms with Crippen molar-refractivity contribution in [1.82, 2.24) is 15.3 Å². The van der Waals surface area contributed by atoms with Gasteiger partial charge in [-0.3, -0.25) is 0 Å². The molecule has 1 unspecified atom stereocenters. The first-order chi connectivity index (χ1) is 10.7. The number of nitrogens with zero attached hydrogens (tertiary/aromatic N) is 4. The second-order valence-electron chi connectivity index (χ2n) is 4.89. The lowest BCUT2D eigenvalue weighted by Crippen LogP contribution is -2.45. The summed E-state index contributed by atoms with van der Waals surface area (Å²) in [5, 5.41) is 12.1. The van der Waals surface area contributed by atoms with Gasteiger partial charge in [0.25, 0.3) is 0 Å². The van der Waals surface area contributed by atoms with Crippen molar-refractivity contribution < 1.29 is 9.53 Å². The molecule has 0 spiro atoms. The van der Waals surface area contributed by atoms with Crippen LogP contribution in [0.1, 0.15) is 19.8 Å². The Morgan fingerprint density at radius 2 is 2.36 bits per heavy atom. The van der Waals surface area contributed by atoms with E-state index >= 15 is 0 Å². The third-order valence-corrected chi connectivity index (χ3v) is 3.34. The van der Waals surface area contributed by atoms with Crippen molar-refractivity contribution in [2.75, 3.05) is 24.6 Å². The molecule has 0 bridgehead atoms. The Bertz CT molecular complexity index is 567. The quantitative estimate of drug-likeness (QED) is 0.493. The van der Waals surface area contributed by atoms with Crippen molar-refractivity contribution in [3.05, 3.63) is 30.2 Å². The monoisotopic (exact) mass is 301 g/mol. The van der Waals surface area contributed by atoms with Crippen LogP contribution in [0.2, 0.25) is 0 Å². The van der Waals surface area contributed by atoms with Crippen molar-refractivity contribution in [2.24, 2.45) is 0 Å². The lowest BCUT2D eigenvalue weighted by Gasteiger charge is -2.32. The summed E-state index contributed by atoms with van der Waals surface area (Å²) in [6.45, 7) is 3.58. The number of hydrogen-bond acceptors (Lipinski definition) is 7. The van der Waals surface area contributed by atoms with E-state index in [4.69, 9.17) is 10.00 Å². The van der Waals surface area contributed by atoms with Gasteiger partial charge in [0.15, 0.2) is 5.57 Å². The minimum absolute atomic E-state index is 0.0186. The van der Waals surface area contributed by atoms with Gasteiger partial charge in [-0.1, -0.05) is 0 Å². The van der Waals surface area contributed by atoms with E-state index in [2.05, 4.69) is 20.2 Å². The van der Waals surface area contributed by atoms with E-state index in [0.29, 0.717) is 5.95 Å². The summed E-state index contributed by atoms with van der Waals surface area (Å²) in [7, 11) is 0. The molecule has 0 radical (unpaired) electrons. The minimum atomic E-state index is -0.600. The highest BCUT2D eigenvalue weighted by molar-refractivity contribution is 5.92. The number of carbonyl (C=O) groups is 1. The predicted octanol–water partition coefficient (Wildman–Crippen LogP) is 1.01. The zero-order chi connectivity index (χ0) is 15.8. The highest BCUT2D eigenvalue weighted by atomic mass is 16.5. The van der Waals surface area contributed by atoms with Gasteiger partial charge in [-0.05, 0) is 25.8 Å². The molecule has 1 aliphatic rings. The van der Waals surface area contributed by atoms with Crippen LogP contribution in [0.25, 0.3) is 0 Å². The van der Waals surface area contributed by atoms with Crippen molar-refractivity contribution >= 4 is 11.9 Å². The molecule has 1 atom stereocenters. The fraction of sp³-hybridized carbons (Fsp3) is 0.467. The normalized spacial score (nSPS) is 18.5. The Labute approximate surface area is 129 Å². The van der Waals surface area contributed by atoms with Crippen LogP contribution < -0.4 is 10.2 Å². The van der Waals surface area contributed by atoms with Crippen molar-refractivity contribution in [3.8, 4) is 6.07 Å². The number of nitriles is 1. The van der Waals surface area contributed by atoms with E-state index in [9.17, 15) is 4.79 Å². The SMILES string of the molecule is CCOC(=O)C(C#N)=CNC1CCCN(c2ncccn2)C1. The van der Waals surface area contributed by atoms with Crippen molar-refractivity contribution in [2.45, 2.75) is 25.8 Å². The van der Waals surface area contributed by atoms with E-state index in [-0.39, 0.29) is 18.2 Å². The molecule has 7 heteroatoms. The van der Waals surface area contributed by atoms with Crippen LogP contribution in [0, 0.1) is 11.3 Å². The molecule has 0 aromatic carbocycles. The molecular weight excluding hydrogens is 282 g/mol. The summed E-state index contributed by atoms with van der Waals surface area (Å²) in [6, 6.07) is 3.77. The van der Waals surface area contributed by atoms with Gasteiger partial charge in [0.2, 0.25) is 5.95 Å². The van der Waals surface area contributed by atoms with Crippen LogP contribution in [0.3, 0.4) is 0 Å². The molecule has 7 nitrogen and oxygen atoms in total. The number of hydrogen-bond donors (Lipinski definition) is 1. The van der Waals surface area contributed by atoms with Crippen LogP contribution in [0.4, 0.5) is 5.95 Å². The van der Waals surface area contributed by atoms with E-state index in [0.717, 1.165) is 25.9 Å². The van der Waals surface area contributed by atoms with Crippen LogP contribution in [0.15, 0.2) is 30.2 Å². The summed E-state index contributed by atoms with van der Waals surface area (Å²) >= 11 is 0. The van der Waals surface area contributed by atoms with Crippen LogP contribution in [0.5, 0.6) is 0 Å². The van der Waals surface area contributed by atoms with Gasteiger partial charge < -0.3 is 15.0 Å². The number of anilines is 1. The molecular formula is C15H19N5O2. The highest BCUT2D eigenvalue weighted by Gasteiger charge is 2.21. The molecule has 1 aliphatic heterocycles.